The largest absolute Gasteiger partial charge is 0.493 e. The monoisotopic (exact) mass is 823 g/mol. The van der Waals surface area contributed by atoms with Gasteiger partial charge in [-0.15, -0.1) is 0 Å². The van der Waals surface area contributed by atoms with Gasteiger partial charge in [0.1, 0.15) is 6.61 Å². The van der Waals surface area contributed by atoms with Gasteiger partial charge in [0, 0.05) is 35.6 Å². The van der Waals surface area contributed by atoms with Crippen molar-refractivity contribution in [3.05, 3.63) is 156 Å². The molecule has 1 saturated heterocycles. The molecule has 0 aliphatic carbocycles. The fourth-order valence-corrected chi connectivity index (χ4v) is 9.10. The minimum absolute atomic E-state index is 0.175. The molecular formula is C42H35ClIN3O3S. The van der Waals surface area contributed by atoms with E-state index in [0.717, 1.165) is 46.3 Å². The number of ether oxygens (including phenoxy) is 2. The summed E-state index contributed by atoms with van der Waals surface area (Å²) >= 11 is 9.64. The van der Waals surface area contributed by atoms with Crippen LogP contribution in [0.4, 0.5) is 11.4 Å². The van der Waals surface area contributed by atoms with E-state index in [2.05, 4.69) is 106 Å². The second-order valence-electron chi connectivity index (χ2n) is 12.9. The average molecular weight is 824 g/mol. The highest BCUT2D eigenvalue weighted by Crippen LogP contribution is 2.50. The van der Waals surface area contributed by atoms with Crippen LogP contribution in [0.3, 0.4) is 0 Å². The Kier molecular flexibility index (Phi) is 9.81. The Morgan fingerprint density at radius 2 is 1.53 bits per heavy atom. The number of hydrogen-bond acceptors (Lipinski definition) is 6. The fourth-order valence-electron chi connectivity index (χ4n) is 7.35. The van der Waals surface area contributed by atoms with Crippen LogP contribution in [-0.2, 0) is 11.4 Å². The lowest BCUT2D eigenvalue weighted by molar-refractivity contribution is -0.115. The second kappa shape index (κ2) is 14.8. The van der Waals surface area contributed by atoms with E-state index in [9.17, 15) is 4.79 Å². The zero-order chi connectivity index (χ0) is 34.9. The molecule has 1 amide bonds. The topological polar surface area (TPSA) is 63.2 Å². The maximum absolute atomic E-state index is 13.3. The number of carbonyl (C=O) groups is 1. The van der Waals surface area contributed by atoms with Crippen LogP contribution >= 0.6 is 46.0 Å². The van der Waals surface area contributed by atoms with E-state index in [1.54, 1.807) is 7.11 Å². The summed E-state index contributed by atoms with van der Waals surface area (Å²) < 4.78 is 12.7. The second-order valence-corrected chi connectivity index (χ2v) is 15.5. The van der Waals surface area contributed by atoms with Crippen LogP contribution in [0.5, 0.6) is 11.5 Å². The van der Waals surface area contributed by atoms with Crippen LogP contribution in [0.1, 0.15) is 58.1 Å². The van der Waals surface area contributed by atoms with Crippen molar-refractivity contribution in [3.63, 3.8) is 0 Å². The fraction of sp³-hybridized carbons (Fsp3) is 0.190. The first-order valence-corrected chi connectivity index (χ1v) is 19.3. The summed E-state index contributed by atoms with van der Waals surface area (Å²) in [5.41, 5.74) is 9.33. The number of nitrogens with one attached hydrogen (secondary N) is 1. The number of hydrogen-bond donors (Lipinski definition) is 1. The number of rotatable bonds is 8. The summed E-state index contributed by atoms with van der Waals surface area (Å²) in [6, 6.07) is 37.6. The third-order valence-corrected chi connectivity index (χ3v) is 11.7. The molecule has 1 N–H and O–H groups in total. The van der Waals surface area contributed by atoms with Crippen LogP contribution in [0.25, 0.3) is 6.08 Å². The molecule has 0 bridgehead atoms. The number of methoxy groups -OCH3 is 1. The molecule has 1 fully saturated rings. The molecule has 5 aromatic rings. The summed E-state index contributed by atoms with van der Waals surface area (Å²) in [6.07, 6.45) is 3.98. The van der Waals surface area contributed by atoms with Crippen LogP contribution in [-0.4, -0.2) is 31.3 Å². The maximum atomic E-state index is 13.3. The van der Waals surface area contributed by atoms with Crippen LogP contribution in [0.2, 0.25) is 5.02 Å². The predicted molar refractivity (Wildman–Crippen MR) is 217 cm³/mol. The van der Waals surface area contributed by atoms with E-state index < -0.39 is 0 Å². The van der Waals surface area contributed by atoms with Gasteiger partial charge in [-0.3, -0.25) is 4.79 Å². The van der Waals surface area contributed by atoms with Crippen molar-refractivity contribution in [1.29, 1.82) is 0 Å². The molecular weight excluding hydrogens is 789 g/mol. The number of nitrogens with zero attached hydrogens (tertiary/aromatic N) is 2. The van der Waals surface area contributed by atoms with E-state index in [1.807, 2.05) is 42.5 Å². The van der Waals surface area contributed by atoms with Crippen molar-refractivity contribution in [2.45, 2.75) is 31.3 Å². The van der Waals surface area contributed by atoms with Gasteiger partial charge in [-0.2, -0.15) is 0 Å². The minimum Gasteiger partial charge on any atom is -0.493 e. The number of benzene rings is 5. The molecule has 0 aromatic heterocycles. The van der Waals surface area contributed by atoms with Crippen LogP contribution in [0.15, 0.2) is 119 Å². The van der Waals surface area contributed by atoms with Gasteiger partial charge in [0.2, 0.25) is 0 Å². The zero-order valence-corrected chi connectivity index (χ0v) is 31.7. The lowest BCUT2D eigenvalue weighted by Gasteiger charge is -2.43. The van der Waals surface area contributed by atoms with Gasteiger partial charge in [0.15, 0.2) is 16.7 Å². The molecule has 2 atom stereocenters. The van der Waals surface area contributed by atoms with E-state index in [0.29, 0.717) is 33.2 Å². The standard InChI is InChI=1S/C42H35ClIN3O3S/c1-49-37-21-27(20-36(44)40(37)50-25-26-12-14-30(43)15-13-26)22-38-41(48)46-42(51-38)45-31-23-34-32(28-8-4-2-5-9-28)16-18-47-19-17-33(35(24-31)39(34)47)29-10-6-3-7-11-29/h2-15,20-24,32-33H,16-19,25H2,1H3,(H,45,46,48)/b38-22-/t32-,33+. The third kappa shape index (κ3) is 7.14. The molecule has 0 spiro atoms. The molecule has 51 heavy (non-hydrogen) atoms. The number of aliphatic imine (C=N–C) groups is 1. The number of anilines is 1. The summed E-state index contributed by atoms with van der Waals surface area (Å²) in [5.74, 6) is 1.63. The van der Waals surface area contributed by atoms with E-state index in [-0.39, 0.29) is 17.7 Å². The highest BCUT2D eigenvalue weighted by atomic mass is 127. The molecule has 3 aliphatic rings. The van der Waals surface area contributed by atoms with E-state index in [4.69, 9.17) is 26.1 Å². The third-order valence-electron chi connectivity index (χ3n) is 9.73. The number of thioether (sulfide) groups is 1. The Bertz CT molecular complexity index is 2090. The van der Waals surface area contributed by atoms with Gasteiger partial charge in [-0.25, -0.2) is 4.99 Å². The van der Waals surface area contributed by atoms with Crippen molar-refractivity contribution < 1.29 is 14.3 Å². The van der Waals surface area contributed by atoms with Gasteiger partial charge < -0.3 is 19.7 Å². The smallest absolute Gasteiger partial charge is 0.264 e. The Morgan fingerprint density at radius 3 is 2.14 bits per heavy atom. The van der Waals surface area contributed by atoms with E-state index in [1.165, 1.54) is 39.7 Å². The molecule has 3 heterocycles. The molecule has 0 radical (unpaired) electrons. The lowest BCUT2D eigenvalue weighted by Crippen LogP contribution is -2.37. The molecule has 256 valence electrons. The van der Waals surface area contributed by atoms with Crippen LogP contribution in [0, 0.1) is 3.57 Å². The van der Waals surface area contributed by atoms with Gasteiger partial charge in [0.05, 0.1) is 21.3 Å². The van der Waals surface area contributed by atoms with Gasteiger partial charge in [-0.1, -0.05) is 84.4 Å². The highest BCUT2D eigenvalue weighted by Gasteiger charge is 2.35. The molecule has 9 heteroatoms. The quantitative estimate of drug-likeness (QED) is 0.125. The Balaban J connectivity index is 1.11. The van der Waals surface area contributed by atoms with Crippen molar-refractivity contribution in [2.24, 2.45) is 4.99 Å². The number of halogens is 2. The molecule has 0 unspecified atom stereocenters. The normalized spacial score (nSPS) is 19.6. The molecule has 5 aromatic carbocycles. The van der Waals surface area contributed by atoms with Gasteiger partial charge in [-0.05, 0) is 123 Å². The number of carbonyl (C=O) groups excluding carboxylic acids is 1. The lowest BCUT2D eigenvalue weighted by atomic mass is 9.76. The zero-order valence-electron chi connectivity index (χ0n) is 27.9. The molecule has 0 saturated carbocycles. The van der Waals surface area contributed by atoms with Crippen LogP contribution < -0.4 is 19.7 Å². The average Bonchev–Trinajstić information content (AvgIpc) is 3.49. The first-order valence-electron chi connectivity index (χ1n) is 17.0. The van der Waals surface area contributed by atoms with E-state index >= 15 is 0 Å². The Morgan fingerprint density at radius 1 is 0.902 bits per heavy atom. The number of amides is 1. The van der Waals surface area contributed by atoms with Gasteiger partial charge >= 0.3 is 0 Å². The van der Waals surface area contributed by atoms with Crippen molar-refractivity contribution >= 4 is 74.5 Å². The van der Waals surface area contributed by atoms with Gasteiger partial charge in [0.25, 0.3) is 5.91 Å². The van der Waals surface area contributed by atoms with Crippen molar-refractivity contribution in [1.82, 2.24) is 5.32 Å². The molecule has 8 rings (SSSR count). The SMILES string of the molecule is COc1cc(/C=C2\SC(=Nc3cc4c5c(c3)[C@H](c3ccccc3)CCN5CC[C@@H]4c3ccccc3)NC2=O)cc(I)c1OCc1ccc(Cl)cc1. The first kappa shape index (κ1) is 33.9. The Labute approximate surface area is 321 Å². The van der Waals surface area contributed by atoms with Crippen molar-refractivity contribution in [3.8, 4) is 11.5 Å². The summed E-state index contributed by atoms with van der Waals surface area (Å²) in [5, 5.41) is 4.28. The maximum Gasteiger partial charge on any atom is 0.264 e. The summed E-state index contributed by atoms with van der Waals surface area (Å²) in [4.78, 5) is 21.5. The summed E-state index contributed by atoms with van der Waals surface area (Å²) in [7, 11) is 1.62. The molecule has 3 aliphatic heterocycles. The Hall–Kier alpha value is -4.25. The summed E-state index contributed by atoms with van der Waals surface area (Å²) in [6.45, 7) is 2.45. The first-order chi connectivity index (χ1) is 24.9. The van der Waals surface area contributed by atoms with Crippen molar-refractivity contribution in [2.75, 3.05) is 25.1 Å². The molecule has 6 nitrogen and oxygen atoms in total. The number of amidine groups is 1. The predicted octanol–water partition coefficient (Wildman–Crippen LogP) is 10.3. The minimum atomic E-state index is -0.175. The highest BCUT2D eigenvalue weighted by molar-refractivity contribution is 14.1.